The maximum Gasteiger partial charge on any atom is 0.139 e. The number of aliphatic hydroxyl groups is 1. The minimum atomic E-state index is -0.795. The van der Waals surface area contributed by atoms with E-state index in [-0.39, 0.29) is 0 Å². The molecule has 0 saturated heterocycles. The molecule has 0 unspecified atom stereocenters. The van der Waals surface area contributed by atoms with Gasteiger partial charge in [0.05, 0.1) is 0 Å². The summed E-state index contributed by atoms with van der Waals surface area (Å²) in [5, 5.41) is 9.31. The molecule has 0 bridgehead atoms. The highest BCUT2D eigenvalue weighted by molar-refractivity contribution is 5.46. The largest absolute Gasteiger partial charge is 0.378 e. The van der Waals surface area contributed by atoms with Crippen LogP contribution < -0.4 is 4.90 Å². The zero-order valence-electron chi connectivity index (χ0n) is 7.86. The van der Waals surface area contributed by atoms with Gasteiger partial charge in [-0.2, -0.15) is 0 Å². The van der Waals surface area contributed by atoms with E-state index in [1.165, 1.54) is 0 Å². The lowest BCUT2D eigenvalue weighted by molar-refractivity contribution is 0.238. The minimum Gasteiger partial charge on any atom is -0.378 e. The molecule has 0 fully saturated rings. The van der Waals surface area contributed by atoms with Crippen molar-refractivity contribution in [3.63, 3.8) is 0 Å². The summed E-state index contributed by atoms with van der Waals surface area (Å²) in [5.41, 5.74) is 1.85. The Balaban J connectivity index is 2.89. The van der Waals surface area contributed by atoms with Crippen LogP contribution in [-0.4, -0.2) is 19.2 Å². The topological polar surface area (TPSA) is 23.5 Å². The molecule has 2 heteroatoms. The number of rotatable bonds is 2. The van der Waals surface area contributed by atoms with Crippen LogP contribution in [0.3, 0.4) is 0 Å². The predicted octanol–water partition coefficient (Wildman–Crippen LogP) is 1.42. The molecule has 0 aliphatic carbocycles. The van der Waals surface area contributed by atoms with Crippen molar-refractivity contribution in [3.05, 3.63) is 29.8 Å². The molecule has 13 heavy (non-hydrogen) atoms. The number of benzene rings is 1. The molecule has 68 valence electrons. The van der Waals surface area contributed by atoms with Gasteiger partial charge in [-0.15, -0.1) is 6.42 Å². The maximum absolute atomic E-state index is 9.31. The molecule has 1 atom stereocenters. The second-order valence-corrected chi connectivity index (χ2v) is 3.06. The van der Waals surface area contributed by atoms with E-state index in [4.69, 9.17) is 6.42 Å². The molecule has 1 rings (SSSR count). The monoisotopic (exact) mass is 175 g/mol. The summed E-state index contributed by atoms with van der Waals surface area (Å²) < 4.78 is 0. The van der Waals surface area contributed by atoms with Gasteiger partial charge in [0.25, 0.3) is 0 Å². The smallest absolute Gasteiger partial charge is 0.139 e. The minimum absolute atomic E-state index is 0.758. The Morgan fingerprint density at radius 1 is 1.31 bits per heavy atom. The first-order chi connectivity index (χ1) is 6.15. The van der Waals surface area contributed by atoms with Crippen LogP contribution in [0.4, 0.5) is 5.69 Å². The first kappa shape index (κ1) is 9.63. The number of terminal acetylenes is 1. The third kappa shape index (κ3) is 2.24. The van der Waals surface area contributed by atoms with Gasteiger partial charge in [0, 0.05) is 19.8 Å². The molecule has 0 spiro atoms. The van der Waals surface area contributed by atoms with E-state index in [9.17, 15) is 5.11 Å². The fraction of sp³-hybridized carbons (Fsp3) is 0.273. The van der Waals surface area contributed by atoms with Crippen LogP contribution in [0.2, 0.25) is 0 Å². The fourth-order valence-corrected chi connectivity index (χ4v) is 1.05. The van der Waals surface area contributed by atoms with E-state index in [1.54, 1.807) is 0 Å². The Morgan fingerprint density at radius 2 is 1.85 bits per heavy atom. The molecule has 0 aliphatic rings. The highest BCUT2D eigenvalue weighted by atomic mass is 16.3. The average Bonchev–Trinajstić information content (AvgIpc) is 2.17. The highest BCUT2D eigenvalue weighted by Crippen LogP contribution is 2.16. The van der Waals surface area contributed by atoms with Gasteiger partial charge in [0.2, 0.25) is 0 Å². The average molecular weight is 175 g/mol. The summed E-state index contributed by atoms with van der Waals surface area (Å²) in [6.07, 6.45) is 4.30. The lowest BCUT2D eigenvalue weighted by atomic mass is 10.1. The summed E-state index contributed by atoms with van der Waals surface area (Å²) in [5.74, 6) is 2.27. The molecule has 0 saturated carbocycles. The standard InChI is InChI=1S/C11H13NO/c1-4-11(13)9-5-7-10(8-6-9)12(2)3/h1,5-8,11,13H,2-3H3/t11-/m1/s1. The van der Waals surface area contributed by atoms with Crippen molar-refractivity contribution in [2.24, 2.45) is 0 Å². The van der Waals surface area contributed by atoms with Crippen LogP contribution in [0.1, 0.15) is 11.7 Å². The Bertz CT molecular complexity index is 308. The summed E-state index contributed by atoms with van der Waals surface area (Å²) in [4.78, 5) is 1.99. The second-order valence-electron chi connectivity index (χ2n) is 3.06. The SMILES string of the molecule is C#C[C@@H](O)c1ccc(N(C)C)cc1. The van der Waals surface area contributed by atoms with Crippen LogP contribution in [0.5, 0.6) is 0 Å². The van der Waals surface area contributed by atoms with Crippen molar-refractivity contribution >= 4 is 5.69 Å². The summed E-state index contributed by atoms with van der Waals surface area (Å²) >= 11 is 0. The number of aliphatic hydroxyl groups excluding tert-OH is 1. The first-order valence-corrected chi connectivity index (χ1v) is 4.06. The molecule has 0 amide bonds. The van der Waals surface area contributed by atoms with E-state index >= 15 is 0 Å². The number of hydrogen-bond donors (Lipinski definition) is 1. The van der Waals surface area contributed by atoms with E-state index in [2.05, 4.69) is 5.92 Å². The number of anilines is 1. The van der Waals surface area contributed by atoms with Gasteiger partial charge in [0.15, 0.2) is 0 Å². The summed E-state index contributed by atoms with van der Waals surface area (Å²) in [7, 11) is 3.93. The molecular formula is C11H13NO. The molecule has 1 aromatic carbocycles. The third-order valence-corrected chi connectivity index (χ3v) is 1.88. The van der Waals surface area contributed by atoms with Crippen molar-refractivity contribution in [2.45, 2.75) is 6.10 Å². The van der Waals surface area contributed by atoms with Crippen LogP contribution in [-0.2, 0) is 0 Å². The van der Waals surface area contributed by atoms with Gasteiger partial charge in [0.1, 0.15) is 6.10 Å². The third-order valence-electron chi connectivity index (χ3n) is 1.88. The van der Waals surface area contributed by atoms with Gasteiger partial charge in [-0.05, 0) is 17.7 Å². The van der Waals surface area contributed by atoms with Gasteiger partial charge in [-0.25, -0.2) is 0 Å². The Hall–Kier alpha value is -1.46. The highest BCUT2D eigenvalue weighted by Gasteiger charge is 2.02. The number of hydrogen-bond acceptors (Lipinski definition) is 2. The molecule has 2 nitrogen and oxygen atoms in total. The van der Waals surface area contributed by atoms with Crippen molar-refractivity contribution in [2.75, 3.05) is 19.0 Å². The van der Waals surface area contributed by atoms with Gasteiger partial charge >= 0.3 is 0 Å². The molecule has 0 heterocycles. The molecule has 0 radical (unpaired) electrons. The van der Waals surface area contributed by atoms with Crippen molar-refractivity contribution < 1.29 is 5.11 Å². The van der Waals surface area contributed by atoms with Crippen molar-refractivity contribution in [1.29, 1.82) is 0 Å². The quantitative estimate of drug-likeness (QED) is 0.687. The molecular weight excluding hydrogens is 162 g/mol. The zero-order valence-corrected chi connectivity index (χ0v) is 7.86. The summed E-state index contributed by atoms with van der Waals surface area (Å²) in [6, 6.07) is 7.52. The van der Waals surface area contributed by atoms with Gasteiger partial charge in [-0.3, -0.25) is 0 Å². The molecule has 0 aromatic heterocycles. The lowest BCUT2D eigenvalue weighted by Crippen LogP contribution is -2.08. The Labute approximate surface area is 78.8 Å². The van der Waals surface area contributed by atoms with Crippen LogP contribution in [0.25, 0.3) is 0 Å². The molecule has 0 aliphatic heterocycles. The zero-order chi connectivity index (χ0) is 9.84. The second kappa shape index (κ2) is 3.97. The van der Waals surface area contributed by atoms with E-state index in [0.29, 0.717) is 0 Å². The number of nitrogens with zero attached hydrogens (tertiary/aromatic N) is 1. The Morgan fingerprint density at radius 3 is 2.23 bits per heavy atom. The Kier molecular flexibility index (Phi) is 2.94. The van der Waals surface area contributed by atoms with E-state index < -0.39 is 6.10 Å². The van der Waals surface area contributed by atoms with Crippen molar-refractivity contribution in [1.82, 2.24) is 0 Å². The van der Waals surface area contributed by atoms with Crippen LogP contribution >= 0.6 is 0 Å². The van der Waals surface area contributed by atoms with Crippen LogP contribution in [0, 0.1) is 12.3 Å². The first-order valence-electron chi connectivity index (χ1n) is 4.06. The van der Waals surface area contributed by atoms with E-state index in [0.717, 1.165) is 11.3 Å². The fourth-order valence-electron chi connectivity index (χ4n) is 1.05. The normalized spacial score (nSPS) is 11.8. The molecule has 1 N–H and O–H groups in total. The maximum atomic E-state index is 9.31. The lowest BCUT2D eigenvalue weighted by Gasteiger charge is -2.13. The van der Waals surface area contributed by atoms with Gasteiger partial charge < -0.3 is 10.0 Å². The predicted molar refractivity (Wildman–Crippen MR) is 54.6 cm³/mol. The molecule has 1 aromatic rings. The van der Waals surface area contributed by atoms with Gasteiger partial charge in [-0.1, -0.05) is 18.1 Å². The van der Waals surface area contributed by atoms with E-state index in [1.807, 2.05) is 43.3 Å². The van der Waals surface area contributed by atoms with Crippen molar-refractivity contribution in [3.8, 4) is 12.3 Å². The summed E-state index contributed by atoms with van der Waals surface area (Å²) in [6.45, 7) is 0. The van der Waals surface area contributed by atoms with Crippen LogP contribution in [0.15, 0.2) is 24.3 Å².